The quantitative estimate of drug-likeness (QED) is 0.103. The van der Waals surface area contributed by atoms with Gasteiger partial charge in [-0.25, -0.2) is 9.97 Å². The van der Waals surface area contributed by atoms with E-state index in [9.17, 15) is 19.5 Å². The number of likely N-dealkylation sites (tertiary alicyclic amines) is 1. The molecule has 1 aliphatic heterocycles. The highest BCUT2D eigenvalue weighted by Gasteiger charge is 2.44. The van der Waals surface area contributed by atoms with Crippen molar-refractivity contribution < 1.29 is 29.0 Å². The SMILES string of the molecule is Cc1ncsc1-c1ccc([C@H](C)NC(=O)[C@@H]2C[C@@H](O)CN2C(=O)[C@@H](NC(=O)COCCOc2ccc(-c3ccc4c(c3)[nH]c3ccncc34)cn2)C(C)(C)C)cc1. The van der Waals surface area contributed by atoms with Crippen LogP contribution in [0, 0.1) is 12.3 Å². The predicted octanol–water partition coefficient (Wildman–Crippen LogP) is 5.98. The number of thiazole rings is 1. The van der Waals surface area contributed by atoms with Gasteiger partial charge >= 0.3 is 0 Å². The van der Waals surface area contributed by atoms with Gasteiger partial charge in [0.25, 0.3) is 0 Å². The van der Waals surface area contributed by atoms with Crippen molar-refractivity contribution in [2.45, 2.75) is 65.3 Å². The molecule has 2 aromatic carbocycles. The number of aliphatic hydroxyl groups excluding tert-OH is 1. The number of aryl methyl sites for hydroxylation is 1. The van der Waals surface area contributed by atoms with Crippen molar-refractivity contribution in [3.8, 4) is 27.4 Å². The van der Waals surface area contributed by atoms with E-state index in [1.807, 2.05) is 82.7 Å². The maximum atomic E-state index is 14.0. The number of benzene rings is 2. The van der Waals surface area contributed by atoms with Crippen LogP contribution < -0.4 is 15.4 Å². The minimum absolute atomic E-state index is 0.0171. The summed E-state index contributed by atoms with van der Waals surface area (Å²) in [5.74, 6) is -0.879. The highest BCUT2D eigenvalue weighted by atomic mass is 32.1. The number of ether oxygens (including phenoxy) is 2. The number of nitrogens with zero attached hydrogens (tertiary/aromatic N) is 4. The molecule has 5 heterocycles. The molecule has 1 fully saturated rings. The Morgan fingerprint density at radius 3 is 2.44 bits per heavy atom. The fraction of sp³-hybridized carbons (Fsp3) is 0.349. The minimum Gasteiger partial charge on any atom is -0.475 e. The van der Waals surface area contributed by atoms with Crippen LogP contribution in [0.4, 0.5) is 0 Å². The average molecular weight is 790 g/mol. The Morgan fingerprint density at radius 2 is 1.72 bits per heavy atom. The number of aliphatic hydroxyl groups is 1. The number of aromatic nitrogens is 4. The van der Waals surface area contributed by atoms with Crippen molar-refractivity contribution in [2.24, 2.45) is 5.41 Å². The van der Waals surface area contributed by atoms with E-state index in [1.165, 1.54) is 4.90 Å². The van der Waals surface area contributed by atoms with Crippen LogP contribution in [-0.2, 0) is 19.1 Å². The highest BCUT2D eigenvalue weighted by Crippen LogP contribution is 2.31. The summed E-state index contributed by atoms with van der Waals surface area (Å²) in [7, 11) is 0. The zero-order chi connectivity index (χ0) is 40.3. The molecule has 7 rings (SSSR count). The molecular formula is C43H47N7O6S. The number of rotatable bonds is 13. The average Bonchev–Trinajstić information content (AvgIpc) is 3.92. The number of aromatic amines is 1. The fourth-order valence-electron chi connectivity index (χ4n) is 7.15. The molecule has 4 atom stereocenters. The van der Waals surface area contributed by atoms with Gasteiger partial charge in [0.1, 0.15) is 25.3 Å². The summed E-state index contributed by atoms with van der Waals surface area (Å²) in [5, 5.41) is 18.6. The van der Waals surface area contributed by atoms with Gasteiger partial charge in [-0.05, 0) is 54.2 Å². The lowest BCUT2D eigenvalue weighted by atomic mass is 9.85. The Balaban J connectivity index is 0.886. The summed E-state index contributed by atoms with van der Waals surface area (Å²) in [6.45, 7) is 9.31. The monoisotopic (exact) mass is 789 g/mol. The molecule has 0 bridgehead atoms. The minimum atomic E-state index is -0.970. The van der Waals surface area contributed by atoms with Gasteiger partial charge in [0, 0.05) is 65.0 Å². The van der Waals surface area contributed by atoms with Crippen LogP contribution in [0.5, 0.6) is 5.88 Å². The normalized spacial score (nSPS) is 16.8. The molecule has 0 saturated carbocycles. The van der Waals surface area contributed by atoms with Crippen molar-refractivity contribution in [2.75, 3.05) is 26.4 Å². The number of hydrogen-bond donors (Lipinski definition) is 4. The second-order valence-corrected chi connectivity index (χ2v) is 16.3. The second-order valence-electron chi connectivity index (χ2n) is 15.5. The first-order valence-electron chi connectivity index (χ1n) is 19.0. The van der Waals surface area contributed by atoms with Crippen molar-refractivity contribution in [3.05, 3.63) is 96.0 Å². The molecule has 0 unspecified atom stereocenters. The van der Waals surface area contributed by atoms with Crippen molar-refractivity contribution in [3.63, 3.8) is 0 Å². The molecule has 14 heteroatoms. The molecule has 296 valence electrons. The summed E-state index contributed by atoms with van der Waals surface area (Å²) < 4.78 is 11.3. The van der Waals surface area contributed by atoms with Gasteiger partial charge in [-0.1, -0.05) is 57.2 Å². The number of amides is 3. The largest absolute Gasteiger partial charge is 0.475 e. The summed E-state index contributed by atoms with van der Waals surface area (Å²) in [4.78, 5) is 59.6. The summed E-state index contributed by atoms with van der Waals surface area (Å²) in [6.07, 6.45) is 4.59. The van der Waals surface area contributed by atoms with Gasteiger partial charge in [-0.15, -0.1) is 11.3 Å². The number of nitrogens with one attached hydrogen (secondary N) is 3. The van der Waals surface area contributed by atoms with Gasteiger partial charge < -0.3 is 35.1 Å². The van der Waals surface area contributed by atoms with Crippen LogP contribution in [-0.4, -0.2) is 92.2 Å². The van der Waals surface area contributed by atoms with Crippen molar-refractivity contribution in [1.82, 2.24) is 35.5 Å². The molecule has 0 spiro atoms. The van der Waals surface area contributed by atoms with Gasteiger partial charge in [0.2, 0.25) is 23.6 Å². The second kappa shape index (κ2) is 16.8. The van der Waals surface area contributed by atoms with Gasteiger partial charge in [-0.3, -0.25) is 19.4 Å². The van der Waals surface area contributed by atoms with Crippen LogP contribution >= 0.6 is 11.3 Å². The van der Waals surface area contributed by atoms with E-state index in [-0.39, 0.29) is 44.7 Å². The van der Waals surface area contributed by atoms with Crippen molar-refractivity contribution in [1.29, 1.82) is 0 Å². The lowest BCUT2D eigenvalue weighted by Crippen LogP contribution is -2.58. The van der Waals surface area contributed by atoms with Crippen LogP contribution in [0.15, 0.2) is 84.8 Å². The maximum absolute atomic E-state index is 14.0. The Labute approximate surface area is 334 Å². The molecule has 57 heavy (non-hydrogen) atoms. The van der Waals surface area contributed by atoms with E-state index in [0.717, 1.165) is 54.6 Å². The first kappa shape index (κ1) is 39.5. The molecule has 4 aromatic heterocycles. The number of β-amino-alcohol motifs (C(OH)–C–C–N with tert-alkyl or cyclic N) is 1. The predicted molar refractivity (Wildman–Crippen MR) is 219 cm³/mol. The molecular weight excluding hydrogens is 743 g/mol. The fourth-order valence-corrected chi connectivity index (χ4v) is 7.96. The molecule has 0 radical (unpaired) electrons. The Bertz CT molecular complexity index is 2370. The number of hydrogen-bond acceptors (Lipinski definition) is 10. The number of carbonyl (C=O) groups excluding carboxylic acids is 3. The first-order valence-corrected chi connectivity index (χ1v) is 19.8. The van der Waals surface area contributed by atoms with Gasteiger partial charge in [0.05, 0.1) is 34.8 Å². The van der Waals surface area contributed by atoms with Crippen molar-refractivity contribution >= 4 is 50.9 Å². The topological polar surface area (TPSA) is 172 Å². The summed E-state index contributed by atoms with van der Waals surface area (Å²) in [5.41, 5.74) is 8.03. The van der Waals surface area contributed by atoms with Crippen LogP contribution in [0.25, 0.3) is 43.4 Å². The molecule has 4 N–H and O–H groups in total. The van der Waals surface area contributed by atoms with Gasteiger partial charge in [-0.2, -0.15) is 0 Å². The standard InChI is InChI=1S/C43H47N7O6S/c1-25(27-6-8-28(9-7-27)39-26(2)46-24-57-39)47-41(53)36-19-31(51)22-50(36)42(54)40(43(3,4)5)49-37(52)23-55-16-17-56-38-13-11-30(20-45-38)29-10-12-32-33-21-44-15-14-34(33)48-35(32)18-29/h6-15,18,20-21,24-25,31,36,40,48,51H,16-17,19,22-23H2,1-5H3,(H,47,53)(H,49,52)/t25-,31+,36-,40+/m0/s1. The van der Waals surface area contributed by atoms with E-state index >= 15 is 0 Å². The number of pyridine rings is 2. The summed E-state index contributed by atoms with van der Waals surface area (Å²) >= 11 is 1.58. The van der Waals surface area contributed by atoms with Crippen LogP contribution in [0.3, 0.4) is 0 Å². The number of fused-ring (bicyclic) bond motifs is 3. The first-order chi connectivity index (χ1) is 27.4. The van der Waals surface area contributed by atoms with E-state index < -0.39 is 35.4 Å². The lowest BCUT2D eigenvalue weighted by Gasteiger charge is -2.35. The van der Waals surface area contributed by atoms with E-state index in [4.69, 9.17) is 9.47 Å². The molecule has 3 amide bonds. The zero-order valence-electron chi connectivity index (χ0n) is 32.6. The Morgan fingerprint density at radius 1 is 0.947 bits per heavy atom. The smallest absolute Gasteiger partial charge is 0.246 e. The Kier molecular flexibility index (Phi) is 11.7. The molecule has 0 aliphatic carbocycles. The molecule has 1 aliphatic rings. The lowest BCUT2D eigenvalue weighted by molar-refractivity contribution is -0.144. The van der Waals surface area contributed by atoms with Gasteiger partial charge in [0.15, 0.2) is 0 Å². The third-order valence-electron chi connectivity index (χ3n) is 10.2. The van der Waals surface area contributed by atoms with Crippen LogP contribution in [0.1, 0.15) is 51.4 Å². The molecule has 1 saturated heterocycles. The third-order valence-corrected chi connectivity index (χ3v) is 11.2. The third kappa shape index (κ3) is 8.98. The Hall–Kier alpha value is -5.70. The highest BCUT2D eigenvalue weighted by molar-refractivity contribution is 7.13. The van der Waals surface area contributed by atoms with E-state index in [2.05, 4.69) is 48.8 Å². The maximum Gasteiger partial charge on any atom is 0.246 e. The molecule has 6 aromatic rings. The van der Waals surface area contributed by atoms with E-state index in [1.54, 1.807) is 29.8 Å². The number of carbonyl (C=O) groups is 3. The summed E-state index contributed by atoms with van der Waals surface area (Å²) in [6, 6.07) is 17.6. The van der Waals surface area contributed by atoms with E-state index in [0.29, 0.717) is 5.88 Å². The van der Waals surface area contributed by atoms with Crippen LogP contribution in [0.2, 0.25) is 0 Å². The zero-order valence-corrected chi connectivity index (χ0v) is 33.4. The number of H-pyrrole nitrogens is 1. The molecule has 13 nitrogen and oxygen atoms in total.